The molecule has 10 nitrogen and oxygen atoms in total. The number of benzene rings is 4. The van der Waals surface area contributed by atoms with Crippen molar-refractivity contribution >= 4 is 33.2 Å². The van der Waals surface area contributed by atoms with Gasteiger partial charge in [-0.15, -0.1) is 0 Å². The molecule has 0 saturated carbocycles. The fourth-order valence-electron chi connectivity index (χ4n) is 4.71. The first-order chi connectivity index (χ1) is 21.2. The van der Waals surface area contributed by atoms with E-state index in [2.05, 4.69) is 5.32 Å². The molecule has 0 aliphatic heterocycles. The predicted molar refractivity (Wildman–Crippen MR) is 168 cm³/mol. The maximum Gasteiger partial charge on any atom is 0.271 e. The van der Waals surface area contributed by atoms with Gasteiger partial charge < -0.3 is 10.2 Å². The number of sulfonamides is 1. The van der Waals surface area contributed by atoms with Gasteiger partial charge in [0.2, 0.25) is 11.8 Å². The fourth-order valence-corrected chi connectivity index (χ4v) is 6.14. The van der Waals surface area contributed by atoms with Crippen molar-refractivity contribution in [1.82, 2.24) is 10.2 Å². The first kappa shape index (κ1) is 31.9. The van der Waals surface area contributed by atoms with Crippen LogP contribution in [0, 0.1) is 10.1 Å². The third-order valence-corrected chi connectivity index (χ3v) is 8.74. The van der Waals surface area contributed by atoms with Crippen LogP contribution in [0.5, 0.6) is 0 Å². The molecule has 11 heteroatoms. The van der Waals surface area contributed by atoms with Gasteiger partial charge in [-0.25, -0.2) is 8.42 Å². The molecule has 1 atom stereocenters. The number of rotatable bonds is 14. The molecule has 4 aromatic carbocycles. The van der Waals surface area contributed by atoms with Gasteiger partial charge in [0.15, 0.2) is 0 Å². The highest BCUT2D eigenvalue weighted by Gasteiger charge is 2.35. The van der Waals surface area contributed by atoms with Crippen molar-refractivity contribution in [2.24, 2.45) is 0 Å². The number of carbonyl (C=O) groups is 2. The molecular formula is C33H34N4O6S. The third-order valence-electron chi connectivity index (χ3n) is 6.95. The SMILES string of the molecule is CCCNC(=O)[C@@H](Cc1ccccc1)N(Cc1ccccc1)C(=O)CN(c1cccc([N+](=O)[O-])c1)S(=O)(=O)c1ccccc1. The van der Waals surface area contributed by atoms with Crippen LogP contribution >= 0.6 is 0 Å². The van der Waals surface area contributed by atoms with E-state index in [1.54, 1.807) is 18.2 Å². The minimum absolute atomic E-state index is 0.0326. The highest BCUT2D eigenvalue weighted by Crippen LogP contribution is 2.28. The topological polar surface area (TPSA) is 130 Å². The minimum atomic E-state index is -4.35. The van der Waals surface area contributed by atoms with Gasteiger partial charge >= 0.3 is 0 Å². The molecule has 4 aromatic rings. The first-order valence-corrected chi connectivity index (χ1v) is 15.6. The third kappa shape index (κ3) is 8.07. The quantitative estimate of drug-likeness (QED) is 0.158. The van der Waals surface area contributed by atoms with E-state index in [9.17, 15) is 28.1 Å². The van der Waals surface area contributed by atoms with Crippen molar-refractivity contribution in [2.75, 3.05) is 17.4 Å². The van der Waals surface area contributed by atoms with Crippen LogP contribution in [0.1, 0.15) is 24.5 Å². The van der Waals surface area contributed by atoms with Gasteiger partial charge in [-0.2, -0.15) is 0 Å². The molecule has 0 spiro atoms. The maximum absolute atomic E-state index is 14.3. The van der Waals surface area contributed by atoms with Crippen molar-refractivity contribution in [3.8, 4) is 0 Å². The maximum atomic E-state index is 14.3. The molecule has 0 unspecified atom stereocenters. The van der Waals surface area contributed by atoms with Gasteiger partial charge in [-0.05, 0) is 35.7 Å². The van der Waals surface area contributed by atoms with Gasteiger partial charge in [0.05, 0.1) is 15.5 Å². The van der Waals surface area contributed by atoms with E-state index in [1.165, 1.54) is 35.2 Å². The summed E-state index contributed by atoms with van der Waals surface area (Å²) in [5.74, 6) is -1.01. The molecule has 0 radical (unpaired) electrons. The van der Waals surface area contributed by atoms with Crippen LogP contribution < -0.4 is 9.62 Å². The summed E-state index contributed by atoms with van der Waals surface area (Å²) >= 11 is 0. The molecule has 4 rings (SSSR count). The number of nitro groups is 1. The Morgan fingerprint density at radius 3 is 2.02 bits per heavy atom. The van der Waals surface area contributed by atoms with Gasteiger partial charge in [0.25, 0.3) is 15.7 Å². The lowest BCUT2D eigenvalue weighted by atomic mass is 10.0. The van der Waals surface area contributed by atoms with Crippen molar-refractivity contribution < 1.29 is 22.9 Å². The molecule has 0 saturated heterocycles. The molecule has 44 heavy (non-hydrogen) atoms. The number of amides is 2. The highest BCUT2D eigenvalue weighted by molar-refractivity contribution is 7.92. The Hall–Kier alpha value is -5.03. The van der Waals surface area contributed by atoms with Crippen LogP contribution in [0.15, 0.2) is 120 Å². The Kier molecular flexibility index (Phi) is 10.8. The van der Waals surface area contributed by atoms with Crippen LogP contribution in [0.25, 0.3) is 0 Å². The molecule has 0 aromatic heterocycles. The van der Waals surface area contributed by atoms with Crippen LogP contribution in [0.3, 0.4) is 0 Å². The van der Waals surface area contributed by atoms with Crippen LogP contribution in [-0.4, -0.2) is 49.2 Å². The highest BCUT2D eigenvalue weighted by atomic mass is 32.2. The number of carbonyl (C=O) groups excluding carboxylic acids is 2. The Morgan fingerprint density at radius 1 is 0.841 bits per heavy atom. The molecular weight excluding hydrogens is 580 g/mol. The molecule has 2 amide bonds. The number of nitrogens with one attached hydrogen (secondary N) is 1. The van der Waals surface area contributed by atoms with Gasteiger partial charge in [-0.3, -0.25) is 24.0 Å². The second-order valence-corrected chi connectivity index (χ2v) is 12.0. The summed E-state index contributed by atoms with van der Waals surface area (Å²) < 4.78 is 28.8. The van der Waals surface area contributed by atoms with Crippen molar-refractivity contribution in [3.63, 3.8) is 0 Å². The smallest absolute Gasteiger partial charge is 0.271 e. The average Bonchev–Trinajstić information content (AvgIpc) is 3.05. The van der Waals surface area contributed by atoms with E-state index in [1.807, 2.05) is 67.6 Å². The molecule has 228 valence electrons. The van der Waals surface area contributed by atoms with E-state index in [-0.39, 0.29) is 35.1 Å². The summed E-state index contributed by atoms with van der Waals surface area (Å²) in [4.78, 5) is 40.2. The molecule has 1 N–H and O–H groups in total. The standard InChI is InChI=1S/C33H34N4O6S/c1-2-21-34-33(39)31(22-26-13-6-3-7-14-26)35(24-27-15-8-4-9-16-27)32(38)25-36(28-17-12-18-29(23-28)37(40)41)44(42,43)30-19-10-5-11-20-30/h3-20,23,31H,2,21-22,24-25H2,1H3,(H,34,39)/t31-/m1/s1. The monoisotopic (exact) mass is 614 g/mol. The van der Waals surface area contributed by atoms with Crippen LogP contribution in [0.4, 0.5) is 11.4 Å². The van der Waals surface area contributed by atoms with E-state index in [4.69, 9.17) is 0 Å². The zero-order chi connectivity index (χ0) is 31.5. The zero-order valence-corrected chi connectivity index (χ0v) is 25.1. The van der Waals surface area contributed by atoms with Crippen LogP contribution in [0.2, 0.25) is 0 Å². The molecule has 0 heterocycles. The first-order valence-electron chi connectivity index (χ1n) is 14.2. The van der Waals surface area contributed by atoms with Gasteiger partial charge in [0.1, 0.15) is 12.6 Å². The number of hydrogen-bond donors (Lipinski definition) is 1. The fraction of sp³-hybridized carbons (Fsp3) is 0.212. The summed E-state index contributed by atoms with van der Waals surface area (Å²) in [5, 5.41) is 14.5. The largest absolute Gasteiger partial charge is 0.354 e. The Morgan fingerprint density at radius 2 is 1.43 bits per heavy atom. The van der Waals surface area contributed by atoms with Crippen molar-refractivity contribution in [1.29, 1.82) is 0 Å². The average molecular weight is 615 g/mol. The second kappa shape index (κ2) is 14.9. The summed E-state index contributed by atoms with van der Waals surface area (Å²) in [5.41, 5.74) is 1.19. The van der Waals surface area contributed by atoms with Crippen molar-refractivity contribution in [3.05, 3.63) is 137 Å². The van der Waals surface area contributed by atoms with Crippen molar-refractivity contribution in [2.45, 2.75) is 37.2 Å². The Labute approximate surface area is 257 Å². The summed E-state index contributed by atoms with van der Waals surface area (Å²) in [6, 6.07) is 30.1. The normalized spacial score (nSPS) is 11.8. The summed E-state index contributed by atoms with van der Waals surface area (Å²) in [6.45, 7) is 1.66. The Balaban J connectivity index is 1.80. The number of non-ortho nitro benzene ring substituents is 1. The second-order valence-electron chi connectivity index (χ2n) is 10.1. The molecule has 0 bridgehead atoms. The lowest BCUT2D eigenvalue weighted by molar-refractivity contribution is -0.384. The predicted octanol–water partition coefficient (Wildman–Crippen LogP) is 4.96. The number of hydrogen-bond acceptors (Lipinski definition) is 6. The molecule has 0 aliphatic rings. The number of nitrogens with zero attached hydrogens (tertiary/aromatic N) is 3. The van der Waals surface area contributed by atoms with Crippen LogP contribution in [-0.2, 0) is 32.6 Å². The van der Waals surface area contributed by atoms with E-state index in [0.29, 0.717) is 13.0 Å². The Bertz CT molecular complexity index is 1670. The number of anilines is 1. The number of nitro benzene ring substituents is 1. The van der Waals surface area contributed by atoms with Gasteiger partial charge in [0, 0.05) is 31.6 Å². The molecule has 0 fully saturated rings. The lowest BCUT2D eigenvalue weighted by Crippen LogP contribution is -2.53. The summed E-state index contributed by atoms with van der Waals surface area (Å²) in [7, 11) is -4.35. The minimum Gasteiger partial charge on any atom is -0.354 e. The van der Waals surface area contributed by atoms with Gasteiger partial charge in [-0.1, -0.05) is 91.9 Å². The van der Waals surface area contributed by atoms with E-state index in [0.717, 1.165) is 21.5 Å². The summed E-state index contributed by atoms with van der Waals surface area (Å²) in [6.07, 6.45) is 0.878. The molecule has 0 aliphatic carbocycles. The lowest BCUT2D eigenvalue weighted by Gasteiger charge is -2.33. The van der Waals surface area contributed by atoms with E-state index >= 15 is 0 Å². The van der Waals surface area contributed by atoms with E-state index < -0.39 is 33.4 Å². The zero-order valence-electron chi connectivity index (χ0n) is 24.3.